The molecular weight excluding hydrogens is 224 g/mol. The van der Waals surface area contributed by atoms with Crippen LogP contribution in [0.1, 0.15) is 45.7 Å². The maximum Gasteiger partial charge on any atom is 0.0681 e. The maximum absolute atomic E-state index is 6.20. The van der Waals surface area contributed by atoms with E-state index < -0.39 is 0 Å². The van der Waals surface area contributed by atoms with E-state index in [1.54, 1.807) is 0 Å². The Kier molecular flexibility index (Phi) is 3.47. The van der Waals surface area contributed by atoms with Crippen LogP contribution in [-0.2, 0) is 4.74 Å². The van der Waals surface area contributed by atoms with Crippen molar-refractivity contribution in [1.29, 1.82) is 0 Å². The van der Waals surface area contributed by atoms with Crippen LogP contribution in [0.3, 0.4) is 0 Å². The molecule has 2 heterocycles. The molecule has 0 bridgehead atoms. The molecule has 2 rings (SSSR count). The summed E-state index contributed by atoms with van der Waals surface area (Å²) in [4.78, 5) is 4.09. The minimum absolute atomic E-state index is 0.0453. The largest absolute Gasteiger partial charge is 0.369 e. The second kappa shape index (κ2) is 4.63. The van der Waals surface area contributed by atoms with Crippen molar-refractivity contribution in [2.45, 2.75) is 51.4 Å². The Morgan fingerprint density at radius 2 is 1.89 bits per heavy atom. The van der Waals surface area contributed by atoms with Gasteiger partial charge in [-0.15, -0.1) is 0 Å². The summed E-state index contributed by atoms with van der Waals surface area (Å²) in [6, 6.07) is 4.48. The van der Waals surface area contributed by atoms with Gasteiger partial charge in [0.05, 0.1) is 11.2 Å². The third kappa shape index (κ3) is 2.57. The molecule has 0 spiro atoms. The summed E-state index contributed by atoms with van der Waals surface area (Å²) in [6.07, 6.45) is 4.77. The van der Waals surface area contributed by atoms with Crippen molar-refractivity contribution in [3.05, 3.63) is 30.1 Å². The van der Waals surface area contributed by atoms with Gasteiger partial charge in [0, 0.05) is 24.4 Å². The number of nitrogens with zero attached hydrogens (tertiary/aromatic N) is 1. The number of nitrogens with one attached hydrogen (secondary N) is 1. The highest BCUT2D eigenvalue weighted by Gasteiger charge is 2.48. The monoisotopic (exact) mass is 248 g/mol. The zero-order valence-corrected chi connectivity index (χ0v) is 12.0. The number of pyridine rings is 1. The molecule has 18 heavy (non-hydrogen) atoms. The molecule has 2 unspecified atom stereocenters. The molecule has 0 radical (unpaired) electrons. The van der Waals surface area contributed by atoms with E-state index in [1.807, 2.05) is 19.4 Å². The highest BCUT2D eigenvalue weighted by molar-refractivity contribution is 5.18. The van der Waals surface area contributed by atoms with E-state index in [0.717, 1.165) is 6.42 Å². The molecule has 3 heteroatoms. The summed E-state index contributed by atoms with van der Waals surface area (Å²) in [5, 5.41) is 3.45. The lowest BCUT2D eigenvalue weighted by molar-refractivity contribution is -0.0776. The predicted octanol–water partition coefficient (Wildman–Crippen LogP) is 2.94. The van der Waals surface area contributed by atoms with Gasteiger partial charge < -0.3 is 10.1 Å². The lowest BCUT2D eigenvalue weighted by Gasteiger charge is -2.33. The second-order valence-corrected chi connectivity index (χ2v) is 6.32. The normalized spacial score (nSPS) is 27.1. The highest BCUT2D eigenvalue weighted by atomic mass is 16.5. The second-order valence-electron chi connectivity index (χ2n) is 6.32. The van der Waals surface area contributed by atoms with Crippen molar-refractivity contribution in [2.75, 3.05) is 7.05 Å². The van der Waals surface area contributed by atoms with E-state index in [0.29, 0.717) is 12.0 Å². The predicted molar refractivity (Wildman–Crippen MR) is 73.4 cm³/mol. The van der Waals surface area contributed by atoms with Crippen LogP contribution in [0.5, 0.6) is 0 Å². The third-order valence-electron chi connectivity index (χ3n) is 3.92. The first-order valence-corrected chi connectivity index (χ1v) is 6.63. The summed E-state index contributed by atoms with van der Waals surface area (Å²) in [5.41, 5.74) is 1.13. The van der Waals surface area contributed by atoms with Crippen molar-refractivity contribution < 1.29 is 4.74 Å². The van der Waals surface area contributed by atoms with E-state index in [2.05, 4.69) is 50.1 Å². The fraction of sp³-hybridized carbons (Fsp3) is 0.667. The van der Waals surface area contributed by atoms with Crippen molar-refractivity contribution in [3.8, 4) is 0 Å². The van der Waals surface area contributed by atoms with Crippen molar-refractivity contribution in [1.82, 2.24) is 10.3 Å². The molecular formula is C15H24N2O. The van der Waals surface area contributed by atoms with E-state index in [1.165, 1.54) is 5.56 Å². The quantitative estimate of drug-likeness (QED) is 0.893. The van der Waals surface area contributed by atoms with Gasteiger partial charge in [-0.2, -0.15) is 0 Å². The number of hydrogen-bond acceptors (Lipinski definition) is 3. The number of rotatable bonds is 3. The molecule has 0 amide bonds. The third-order valence-corrected chi connectivity index (χ3v) is 3.92. The maximum atomic E-state index is 6.20. The van der Waals surface area contributed by atoms with Gasteiger partial charge in [-0.1, -0.05) is 0 Å². The molecule has 0 aromatic carbocycles. The minimum atomic E-state index is -0.111. The zero-order valence-electron chi connectivity index (χ0n) is 12.0. The Morgan fingerprint density at radius 1 is 1.28 bits per heavy atom. The fourth-order valence-corrected chi connectivity index (χ4v) is 3.30. The summed E-state index contributed by atoms with van der Waals surface area (Å²) in [5.74, 6) is 0.458. The standard InChI is InChI=1S/C15H24N2O/c1-14(2)10-12(15(3,4)18-14)13(16-5)11-6-8-17-9-7-11/h6-9,12-13,16H,10H2,1-5H3. The van der Waals surface area contributed by atoms with Gasteiger partial charge in [0.25, 0.3) is 0 Å². The number of hydrogen-bond donors (Lipinski definition) is 1. The first-order chi connectivity index (χ1) is 8.36. The van der Waals surface area contributed by atoms with Crippen LogP contribution in [0, 0.1) is 5.92 Å². The van der Waals surface area contributed by atoms with Crippen molar-refractivity contribution in [3.63, 3.8) is 0 Å². The Morgan fingerprint density at radius 3 is 2.33 bits per heavy atom. The molecule has 1 aliphatic heterocycles. The molecule has 1 N–H and O–H groups in total. The molecule has 2 atom stereocenters. The summed E-state index contributed by atoms with van der Waals surface area (Å²) in [7, 11) is 2.02. The Hall–Kier alpha value is -0.930. The average molecular weight is 248 g/mol. The molecule has 0 aliphatic carbocycles. The Bertz CT molecular complexity index is 400. The average Bonchev–Trinajstić information content (AvgIpc) is 2.50. The molecule has 1 aliphatic rings. The van der Waals surface area contributed by atoms with E-state index >= 15 is 0 Å². The smallest absolute Gasteiger partial charge is 0.0681 e. The zero-order chi connectivity index (χ0) is 13.4. The summed E-state index contributed by atoms with van der Waals surface area (Å²) >= 11 is 0. The lowest BCUT2D eigenvalue weighted by Crippen LogP contribution is -2.37. The van der Waals surface area contributed by atoms with Crippen molar-refractivity contribution >= 4 is 0 Å². The molecule has 1 aromatic heterocycles. The van der Waals surface area contributed by atoms with E-state index in [-0.39, 0.29) is 11.2 Å². The topological polar surface area (TPSA) is 34.2 Å². The van der Waals surface area contributed by atoms with Crippen LogP contribution in [0.4, 0.5) is 0 Å². The molecule has 1 saturated heterocycles. The minimum Gasteiger partial charge on any atom is -0.369 e. The van der Waals surface area contributed by atoms with E-state index in [4.69, 9.17) is 4.74 Å². The lowest BCUT2D eigenvalue weighted by atomic mass is 9.79. The number of aromatic nitrogens is 1. The van der Waals surface area contributed by atoms with Gasteiger partial charge >= 0.3 is 0 Å². The van der Waals surface area contributed by atoms with Crippen LogP contribution in [-0.4, -0.2) is 23.2 Å². The van der Waals surface area contributed by atoms with Crippen LogP contribution in [0.25, 0.3) is 0 Å². The van der Waals surface area contributed by atoms with Gasteiger partial charge in [-0.05, 0) is 58.9 Å². The first-order valence-electron chi connectivity index (χ1n) is 6.63. The molecule has 1 aromatic rings. The molecule has 0 saturated carbocycles. The molecule has 100 valence electrons. The van der Waals surface area contributed by atoms with Gasteiger partial charge in [0.15, 0.2) is 0 Å². The SMILES string of the molecule is CNC(c1ccncc1)C1CC(C)(C)OC1(C)C. The summed E-state index contributed by atoms with van der Waals surface area (Å²) < 4.78 is 6.20. The number of ether oxygens (including phenoxy) is 1. The van der Waals surface area contributed by atoms with Gasteiger partial charge in [0.1, 0.15) is 0 Å². The van der Waals surface area contributed by atoms with Crippen molar-refractivity contribution in [2.24, 2.45) is 5.92 Å². The van der Waals surface area contributed by atoms with Gasteiger partial charge in [-0.25, -0.2) is 0 Å². The van der Waals surface area contributed by atoms with Gasteiger partial charge in [-0.3, -0.25) is 4.98 Å². The van der Waals surface area contributed by atoms with Gasteiger partial charge in [0.2, 0.25) is 0 Å². The molecule has 3 nitrogen and oxygen atoms in total. The first kappa shape index (κ1) is 13.5. The highest BCUT2D eigenvalue weighted by Crippen LogP contribution is 2.47. The molecule has 1 fully saturated rings. The Balaban J connectivity index is 2.29. The van der Waals surface area contributed by atoms with Crippen LogP contribution in [0.15, 0.2) is 24.5 Å². The Labute approximate surface area is 110 Å². The fourth-order valence-electron chi connectivity index (χ4n) is 3.30. The van der Waals surface area contributed by atoms with E-state index in [9.17, 15) is 0 Å². The van der Waals surface area contributed by atoms with Crippen LogP contribution in [0.2, 0.25) is 0 Å². The van der Waals surface area contributed by atoms with Crippen LogP contribution >= 0.6 is 0 Å². The van der Waals surface area contributed by atoms with Crippen LogP contribution < -0.4 is 5.32 Å². The summed E-state index contributed by atoms with van der Waals surface area (Å²) in [6.45, 7) is 8.73.